The predicted molar refractivity (Wildman–Crippen MR) is 138 cm³/mol. The maximum absolute atomic E-state index is 13.0. The van der Waals surface area contributed by atoms with Crippen molar-refractivity contribution < 1.29 is 24.2 Å². The third-order valence-electron chi connectivity index (χ3n) is 6.55. The molecule has 1 aliphatic carbocycles. The highest BCUT2D eigenvalue weighted by atomic mass is 16.5. The summed E-state index contributed by atoms with van der Waals surface area (Å²) in [5.74, 6) is -0.0553. The molecule has 0 aromatic carbocycles. The third-order valence-corrected chi connectivity index (χ3v) is 6.55. The second-order valence-corrected chi connectivity index (χ2v) is 10.3. The van der Waals surface area contributed by atoms with Gasteiger partial charge in [-0.05, 0) is 57.7 Å². The van der Waals surface area contributed by atoms with Crippen molar-refractivity contribution in [3.05, 3.63) is 47.9 Å². The van der Waals surface area contributed by atoms with Gasteiger partial charge in [-0.15, -0.1) is 0 Å². The summed E-state index contributed by atoms with van der Waals surface area (Å²) < 4.78 is 14.9. The van der Waals surface area contributed by atoms with Gasteiger partial charge in [-0.3, -0.25) is 14.3 Å². The van der Waals surface area contributed by atoms with Gasteiger partial charge in [0.25, 0.3) is 11.8 Å². The molecule has 0 spiro atoms. The van der Waals surface area contributed by atoms with Crippen LogP contribution in [-0.2, 0) is 7.05 Å². The van der Waals surface area contributed by atoms with E-state index in [2.05, 4.69) is 20.5 Å². The number of ether oxygens (including phenoxy) is 2. The van der Waals surface area contributed by atoms with Crippen molar-refractivity contribution >= 4 is 28.4 Å². The van der Waals surface area contributed by atoms with Gasteiger partial charge in [0.1, 0.15) is 24.0 Å². The number of primary amides is 1. The van der Waals surface area contributed by atoms with Crippen LogP contribution in [-0.4, -0.2) is 65.7 Å². The number of hydrogen-bond donors (Lipinski definition) is 3. The minimum absolute atomic E-state index is 0.0187. The van der Waals surface area contributed by atoms with E-state index in [4.69, 9.17) is 15.2 Å². The molecule has 5 rings (SSSR count). The standard InChI is InChI=1S/C26H31N7O5/c1-26(2,36)14-37-18-8-9-21-20(12-29-33(21)13-18)24(35)30-16-4-6-17(7-5-16)38-25-19(22(27)34)10-15-11-28-32(3)23(15)31-25/h8-13,16-17,36H,4-7,14H2,1-3H3,(H2,27,34)(H,30,35). The molecule has 0 saturated heterocycles. The molecule has 0 bridgehead atoms. The summed E-state index contributed by atoms with van der Waals surface area (Å²) >= 11 is 0. The van der Waals surface area contributed by atoms with Crippen molar-refractivity contribution in [1.82, 2.24) is 29.7 Å². The summed E-state index contributed by atoms with van der Waals surface area (Å²) in [6, 6.07) is 5.15. The van der Waals surface area contributed by atoms with Crippen molar-refractivity contribution in [2.75, 3.05) is 6.61 Å². The van der Waals surface area contributed by atoms with Crippen molar-refractivity contribution in [2.45, 2.75) is 57.3 Å². The maximum Gasteiger partial charge on any atom is 0.255 e. The molecule has 0 aliphatic heterocycles. The van der Waals surface area contributed by atoms with Gasteiger partial charge in [0.2, 0.25) is 5.88 Å². The number of fused-ring (bicyclic) bond motifs is 2. The number of rotatable bonds is 8. The average molecular weight is 522 g/mol. The number of carbonyl (C=O) groups is 2. The number of hydrogen-bond acceptors (Lipinski definition) is 8. The first-order chi connectivity index (χ1) is 18.1. The Morgan fingerprint density at radius 2 is 1.92 bits per heavy atom. The Morgan fingerprint density at radius 3 is 2.63 bits per heavy atom. The Balaban J connectivity index is 1.20. The van der Waals surface area contributed by atoms with Crippen LogP contribution in [0.15, 0.2) is 36.8 Å². The second-order valence-electron chi connectivity index (χ2n) is 10.3. The molecule has 0 unspecified atom stereocenters. The zero-order valence-electron chi connectivity index (χ0n) is 21.5. The normalized spacial score (nSPS) is 18.0. The van der Waals surface area contributed by atoms with E-state index in [0.29, 0.717) is 53.5 Å². The van der Waals surface area contributed by atoms with Gasteiger partial charge >= 0.3 is 0 Å². The minimum atomic E-state index is -0.957. The molecule has 12 heteroatoms. The number of nitrogens with zero attached hydrogens (tertiary/aromatic N) is 5. The number of aromatic nitrogens is 5. The smallest absolute Gasteiger partial charge is 0.255 e. The molecule has 4 aromatic heterocycles. The van der Waals surface area contributed by atoms with Gasteiger partial charge in [0.05, 0.1) is 35.3 Å². The molecule has 38 heavy (non-hydrogen) atoms. The zero-order valence-corrected chi connectivity index (χ0v) is 21.5. The van der Waals surface area contributed by atoms with E-state index in [0.717, 1.165) is 0 Å². The summed E-state index contributed by atoms with van der Waals surface area (Å²) in [4.78, 5) is 29.5. The van der Waals surface area contributed by atoms with Crippen molar-refractivity contribution in [3.8, 4) is 11.6 Å². The summed E-state index contributed by atoms with van der Waals surface area (Å²) in [7, 11) is 1.77. The molecule has 1 saturated carbocycles. The Labute approximate surface area is 218 Å². The van der Waals surface area contributed by atoms with Crippen molar-refractivity contribution in [1.29, 1.82) is 0 Å². The lowest BCUT2D eigenvalue weighted by molar-refractivity contribution is 0.0283. The van der Waals surface area contributed by atoms with Crippen molar-refractivity contribution in [3.63, 3.8) is 0 Å². The summed E-state index contributed by atoms with van der Waals surface area (Å²) in [6.07, 6.45) is 7.48. The molecule has 12 nitrogen and oxygen atoms in total. The molecule has 2 amide bonds. The van der Waals surface area contributed by atoms with Crippen LogP contribution in [0.5, 0.6) is 11.6 Å². The molecule has 4 heterocycles. The van der Waals surface area contributed by atoms with Gasteiger partial charge in [-0.25, -0.2) is 4.52 Å². The van der Waals surface area contributed by atoms with E-state index in [1.807, 2.05) is 0 Å². The second kappa shape index (κ2) is 9.93. The molecule has 1 fully saturated rings. The minimum Gasteiger partial charge on any atom is -0.489 e. The maximum atomic E-state index is 13.0. The monoisotopic (exact) mass is 521 g/mol. The van der Waals surface area contributed by atoms with Crippen LogP contribution < -0.4 is 20.5 Å². The SMILES string of the molecule is Cn1ncc2cc(C(N)=O)c(OC3CCC(NC(=O)c4cnn5cc(OCC(C)(C)O)ccc45)CC3)nc21. The van der Waals surface area contributed by atoms with Gasteiger partial charge in [0.15, 0.2) is 5.65 Å². The fourth-order valence-electron chi connectivity index (χ4n) is 4.56. The van der Waals surface area contributed by atoms with E-state index in [-0.39, 0.29) is 36.1 Å². The Morgan fingerprint density at radius 1 is 1.16 bits per heavy atom. The summed E-state index contributed by atoms with van der Waals surface area (Å²) in [6.45, 7) is 3.47. The van der Waals surface area contributed by atoms with Gasteiger partial charge in [-0.2, -0.15) is 15.2 Å². The van der Waals surface area contributed by atoms with Gasteiger partial charge < -0.3 is 25.6 Å². The fourth-order valence-corrected chi connectivity index (χ4v) is 4.56. The molecule has 1 aliphatic rings. The lowest BCUT2D eigenvalue weighted by atomic mass is 9.92. The molecule has 0 atom stereocenters. The topological polar surface area (TPSA) is 159 Å². The van der Waals surface area contributed by atoms with E-state index in [1.165, 1.54) is 6.20 Å². The number of pyridine rings is 2. The van der Waals surface area contributed by atoms with Crippen LogP contribution in [0.2, 0.25) is 0 Å². The predicted octanol–water partition coefficient (Wildman–Crippen LogP) is 1.98. The highest BCUT2D eigenvalue weighted by molar-refractivity contribution is 6.01. The Hall–Kier alpha value is -4.19. The van der Waals surface area contributed by atoms with E-state index in [1.54, 1.807) is 60.7 Å². The molecular formula is C26H31N7O5. The molecule has 200 valence electrons. The van der Waals surface area contributed by atoms with E-state index < -0.39 is 11.5 Å². The molecule has 4 N–H and O–H groups in total. The third kappa shape index (κ3) is 5.40. The quantitative estimate of drug-likeness (QED) is 0.317. The van der Waals surface area contributed by atoms with Crippen LogP contribution in [0.4, 0.5) is 0 Å². The van der Waals surface area contributed by atoms with Crippen LogP contribution in [0, 0.1) is 0 Å². The lowest BCUT2D eigenvalue weighted by Crippen LogP contribution is -2.39. The van der Waals surface area contributed by atoms with Crippen LogP contribution in [0.25, 0.3) is 16.6 Å². The highest BCUT2D eigenvalue weighted by Crippen LogP contribution is 2.28. The number of aryl methyl sites for hydroxylation is 1. The first-order valence-corrected chi connectivity index (χ1v) is 12.5. The largest absolute Gasteiger partial charge is 0.489 e. The van der Waals surface area contributed by atoms with Gasteiger partial charge in [-0.1, -0.05) is 0 Å². The van der Waals surface area contributed by atoms with E-state index in [9.17, 15) is 14.7 Å². The Kier molecular flexibility index (Phi) is 6.66. The Bertz CT molecular complexity index is 1500. The van der Waals surface area contributed by atoms with E-state index >= 15 is 0 Å². The first-order valence-electron chi connectivity index (χ1n) is 12.5. The molecule has 0 radical (unpaired) electrons. The number of nitrogens with one attached hydrogen (secondary N) is 1. The fraction of sp³-hybridized carbons (Fsp3) is 0.423. The highest BCUT2D eigenvalue weighted by Gasteiger charge is 2.27. The number of carbonyl (C=O) groups excluding carboxylic acids is 2. The molecule has 4 aromatic rings. The summed E-state index contributed by atoms with van der Waals surface area (Å²) in [5.41, 5.74) is 6.57. The molecular weight excluding hydrogens is 490 g/mol. The summed E-state index contributed by atoms with van der Waals surface area (Å²) in [5, 5.41) is 22.1. The number of nitrogens with two attached hydrogens (primary N) is 1. The lowest BCUT2D eigenvalue weighted by Gasteiger charge is -2.29. The number of amides is 2. The zero-order chi connectivity index (χ0) is 27.0. The van der Waals surface area contributed by atoms with Gasteiger partial charge in [0, 0.05) is 18.5 Å². The first kappa shape index (κ1) is 25.5. The van der Waals surface area contributed by atoms with Crippen LogP contribution >= 0.6 is 0 Å². The van der Waals surface area contributed by atoms with Crippen molar-refractivity contribution in [2.24, 2.45) is 12.8 Å². The number of aliphatic hydroxyl groups is 1. The van der Waals surface area contributed by atoms with Crippen LogP contribution in [0.3, 0.4) is 0 Å². The van der Waals surface area contributed by atoms with Crippen LogP contribution in [0.1, 0.15) is 60.2 Å². The average Bonchev–Trinajstić information content (AvgIpc) is 3.46.